The number of aromatic nitrogens is 1. The molecule has 0 aliphatic carbocycles. The quantitative estimate of drug-likeness (QED) is 0.517. The lowest BCUT2D eigenvalue weighted by molar-refractivity contribution is -0.164. The molecule has 2 atom stereocenters. The van der Waals surface area contributed by atoms with E-state index in [9.17, 15) is 17.6 Å². The fourth-order valence-electron chi connectivity index (χ4n) is 3.15. The molecule has 10 heteroatoms. The third-order valence-corrected chi connectivity index (χ3v) is 5.03. The molecule has 5 nitrogen and oxygen atoms in total. The van der Waals surface area contributed by atoms with Crippen LogP contribution in [-0.2, 0) is 10.3 Å². The monoisotopic (exact) mass is 450 g/mol. The van der Waals surface area contributed by atoms with Crippen molar-refractivity contribution in [2.75, 3.05) is 0 Å². The number of rotatable bonds is 1. The number of nitrogens with zero attached hydrogens (tertiary/aromatic N) is 3. The van der Waals surface area contributed by atoms with Gasteiger partial charge < -0.3 is 10.5 Å². The molecule has 0 spiro atoms. The number of halogens is 5. The molecule has 0 fully saturated rings. The average molecular weight is 451 g/mol. The van der Waals surface area contributed by atoms with E-state index in [1.165, 1.54) is 25.3 Å². The zero-order valence-electron chi connectivity index (χ0n) is 16.3. The van der Waals surface area contributed by atoms with Gasteiger partial charge in [0.25, 0.3) is 6.02 Å². The molecule has 3 rings (SSSR count). The molecule has 2 heterocycles. The Morgan fingerprint density at radius 2 is 2.00 bits per heavy atom. The van der Waals surface area contributed by atoms with E-state index in [0.717, 1.165) is 6.07 Å². The molecular weight excluding hydrogens is 436 g/mol. The summed E-state index contributed by atoms with van der Waals surface area (Å²) < 4.78 is 59.8. The Morgan fingerprint density at radius 3 is 2.61 bits per heavy atom. The number of benzene rings is 1. The zero-order chi connectivity index (χ0) is 23.0. The Bertz CT molecular complexity index is 1180. The van der Waals surface area contributed by atoms with Crippen molar-refractivity contribution in [1.29, 1.82) is 5.26 Å². The Kier molecular flexibility index (Phi) is 5.84. The van der Waals surface area contributed by atoms with Gasteiger partial charge in [-0.25, -0.2) is 14.4 Å². The van der Waals surface area contributed by atoms with Gasteiger partial charge in [0.15, 0.2) is 6.04 Å². The summed E-state index contributed by atoms with van der Waals surface area (Å²) in [6.45, 7) is 2.92. The lowest BCUT2D eigenvalue weighted by atomic mass is 9.85. The van der Waals surface area contributed by atoms with E-state index in [1.807, 2.05) is 6.07 Å². The Morgan fingerprint density at radius 1 is 1.29 bits per heavy atom. The predicted molar refractivity (Wildman–Crippen MR) is 106 cm³/mol. The van der Waals surface area contributed by atoms with Crippen molar-refractivity contribution in [2.45, 2.75) is 38.1 Å². The average Bonchev–Trinajstić information content (AvgIpc) is 2.66. The highest BCUT2D eigenvalue weighted by Crippen LogP contribution is 2.41. The molecule has 2 N–H and O–H groups in total. The molecule has 1 aromatic heterocycles. The van der Waals surface area contributed by atoms with Crippen LogP contribution < -0.4 is 5.73 Å². The molecule has 1 aliphatic heterocycles. The molecule has 0 bridgehead atoms. The first-order valence-electron chi connectivity index (χ1n) is 8.90. The van der Waals surface area contributed by atoms with Gasteiger partial charge in [-0.3, -0.25) is 0 Å². The minimum absolute atomic E-state index is 0.131. The highest BCUT2D eigenvalue weighted by atomic mass is 35.5. The summed E-state index contributed by atoms with van der Waals surface area (Å²) in [4.78, 5) is 7.29. The van der Waals surface area contributed by atoms with Gasteiger partial charge in [0, 0.05) is 23.7 Å². The minimum atomic E-state index is -4.66. The van der Waals surface area contributed by atoms with Crippen molar-refractivity contribution >= 4 is 17.6 Å². The molecule has 0 saturated carbocycles. The topological polar surface area (TPSA) is 84.3 Å². The first-order chi connectivity index (χ1) is 14.4. The second-order valence-electron chi connectivity index (χ2n) is 7.12. The van der Waals surface area contributed by atoms with Gasteiger partial charge in [0.2, 0.25) is 0 Å². The van der Waals surface area contributed by atoms with Crippen LogP contribution in [0, 0.1) is 35.9 Å². The van der Waals surface area contributed by atoms with Crippen molar-refractivity contribution in [1.82, 2.24) is 4.98 Å². The van der Waals surface area contributed by atoms with Gasteiger partial charge in [-0.2, -0.15) is 18.4 Å². The first-order valence-corrected chi connectivity index (χ1v) is 9.28. The first kappa shape index (κ1) is 22.4. The number of aliphatic imine (C=N–C) groups is 1. The molecule has 1 aromatic carbocycles. The summed E-state index contributed by atoms with van der Waals surface area (Å²) in [5.74, 6) is 4.78. The smallest absolute Gasteiger partial charge is 0.411 e. The van der Waals surface area contributed by atoms with Crippen LogP contribution in [0.3, 0.4) is 0 Å². The summed E-state index contributed by atoms with van der Waals surface area (Å²) in [6, 6.07) is 2.99. The number of nitrogens with two attached hydrogens (primary N) is 1. The fourth-order valence-corrected chi connectivity index (χ4v) is 3.36. The Hall–Kier alpha value is -3.30. The third-order valence-electron chi connectivity index (χ3n) is 4.74. The van der Waals surface area contributed by atoms with Crippen molar-refractivity contribution < 1.29 is 22.3 Å². The van der Waals surface area contributed by atoms with E-state index in [1.54, 1.807) is 6.92 Å². The van der Waals surface area contributed by atoms with Crippen LogP contribution in [0.1, 0.15) is 41.3 Å². The Labute approximate surface area is 180 Å². The van der Waals surface area contributed by atoms with E-state index in [4.69, 9.17) is 27.3 Å². The van der Waals surface area contributed by atoms with Crippen LogP contribution in [-0.4, -0.2) is 23.2 Å². The van der Waals surface area contributed by atoms with E-state index in [-0.39, 0.29) is 21.8 Å². The SMILES string of the molecule is Cc1cc(F)c([C@]2(C)C[C@@H](C(F)(F)F)N=C(N)O2)cc1C#Cc1ncc(C#N)cc1Cl. The number of hydrogen-bond acceptors (Lipinski definition) is 5. The lowest BCUT2D eigenvalue weighted by Gasteiger charge is -2.37. The number of ether oxygens (including phenoxy) is 1. The van der Waals surface area contributed by atoms with Gasteiger partial charge in [-0.15, -0.1) is 0 Å². The highest BCUT2D eigenvalue weighted by molar-refractivity contribution is 6.31. The number of nitriles is 1. The van der Waals surface area contributed by atoms with Gasteiger partial charge in [-0.1, -0.05) is 17.5 Å². The summed E-state index contributed by atoms with van der Waals surface area (Å²) in [5.41, 5.74) is 4.87. The second kappa shape index (κ2) is 8.09. The van der Waals surface area contributed by atoms with Gasteiger partial charge >= 0.3 is 6.18 Å². The minimum Gasteiger partial charge on any atom is -0.454 e. The standard InChI is InChI=1S/C21H15ClF4N4O/c1-11-5-16(23)14(20(2)8-18(21(24,25)26)30-19(28)31-20)7-13(11)3-4-17-15(22)6-12(9-27)10-29-17/h5-7,10,18H,8H2,1-2H3,(H2,28,30)/t18-,20-/m0/s1. The summed E-state index contributed by atoms with van der Waals surface area (Å²) in [6.07, 6.45) is -4.00. The summed E-state index contributed by atoms with van der Waals surface area (Å²) in [7, 11) is 0. The van der Waals surface area contributed by atoms with Crippen LogP contribution in [0.2, 0.25) is 5.02 Å². The lowest BCUT2D eigenvalue weighted by Crippen LogP contribution is -2.46. The summed E-state index contributed by atoms with van der Waals surface area (Å²) in [5, 5.41) is 9.03. The second-order valence-corrected chi connectivity index (χ2v) is 7.53. The maximum Gasteiger partial charge on any atom is 0.411 e. The van der Waals surface area contributed by atoms with Crippen LogP contribution in [0.5, 0.6) is 0 Å². The molecule has 0 amide bonds. The van der Waals surface area contributed by atoms with Crippen LogP contribution in [0.4, 0.5) is 17.6 Å². The zero-order valence-corrected chi connectivity index (χ0v) is 17.1. The van der Waals surface area contributed by atoms with E-state index in [2.05, 4.69) is 21.8 Å². The molecule has 2 aromatic rings. The third kappa shape index (κ3) is 4.73. The maximum absolute atomic E-state index is 14.8. The number of alkyl halides is 3. The summed E-state index contributed by atoms with van der Waals surface area (Å²) >= 11 is 6.06. The number of aryl methyl sites for hydroxylation is 1. The number of pyridine rings is 1. The molecule has 1 aliphatic rings. The molecule has 31 heavy (non-hydrogen) atoms. The largest absolute Gasteiger partial charge is 0.454 e. The van der Waals surface area contributed by atoms with Crippen LogP contribution in [0.15, 0.2) is 29.4 Å². The van der Waals surface area contributed by atoms with Gasteiger partial charge in [0.1, 0.15) is 23.2 Å². The van der Waals surface area contributed by atoms with Gasteiger partial charge in [-0.05, 0) is 43.5 Å². The van der Waals surface area contributed by atoms with Crippen molar-refractivity contribution in [3.63, 3.8) is 0 Å². The maximum atomic E-state index is 14.8. The highest BCUT2D eigenvalue weighted by Gasteiger charge is 2.49. The van der Waals surface area contributed by atoms with Crippen molar-refractivity contribution in [3.05, 3.63) is 63.2 Å². The predicted octanol–water partition coefficient (Wildman–Crippen LogP) is 4.34. The van der Waals surface area contributed by atoms with Crippen LogP contribution >= 0.6 is 11.6 Å². The molecule has 0 unspecified atom stereocenters. The van der Waals surface area contributed by atoms with Crippen molar-refractivity contribution in [2.24, 2.45) is 10.7 Å². The van der Waals surface area contributed by atoms with Gasteiger partial charge in [0.05, 0.1) is 10.6 Å². The number of amidine groups is 1. The van der Waals surface area contributed by atoms with Crippen LogP contribution in [0.25, 0.3) is 0 Å². The number of hydrogen-bond donors (Lipinski definition) is 1. The molecule has 0 saturated heterocycles. The fraction of sp³-hybridized carbons (Fsp3) is 0.286. The molecule has 0 radical (unpaired) electrons. The van der Waals surface area contributed by atoms with E-state index >= 15 is 0 Å². The molecule has 160 valence electrons. The van der Waals surface area contributed by atoms with E-state index in [0.29, 0.717) is 11.1 Å². The van der Waals surface area contributed by atoms with Crippen molar-refractivity contribution in [3.8, 4) is 17.9 Å². The van der Waals surface area contributed by atoms with E-state index < -0.39 is 36.1 Å². The normalized spacial score (nSPS) is 20.7. The molecular formula is C21H15ClF4N4O. The Balaban J connectivity index is 2.03.